The first-order valence-electron chi connectivity index (χ1n) is 14.6. The van der Waals surface area contributed by atoms with Crippen LogP contribution in [-0.4, -0.2) is 46.2 Å². The second kappa shape index (κ2) is 15.0. The van der Waals surface area contributed by atoms with Crippen molar-refractivity contribution in [2.24, 2.45) is 0 Å². The van der Waals surface area contributed by atoms with E-state index in [1.54, 1.807) is 11.0 Å². The third kappa shape index (κ3) is 8.28. The van der Waals surface area contributed by atoms with E-state index in [1.807, 2.05) is 60.7 Å². The summed E-state index contributed by atoms with van der Waals surface area (Å²) in [6.07, 6.45) is 0.299. The number of nitrogens with zero attached hydrogens (tertiary/aromatic N) is 2. The number of halogens is 3. The molecule has 11 heteroatoms. The first-order valence-corrected chi connectivity index (χ1v) is 15.4. The van der Waals surface area contributed by atoms with Gasteiger partial charge in [0.1, 0.15) is 24.8 Å². The van der Waals surface area contributed by atoms with Gasteiger partial charge in [-0.2, -0.15) is 0 Å². The molecule has 2 aliphatic rings. The van der Waals surface area contributed by atoms with Crippen molar-refractivity contribution in [2.45, 2.75) is 39.1 Å². The number of benzene rings is 4. The van der Waals surface area contributed by atoms with Gasteiger partial charge in [0, 0.05) is 26.2 Å². The molecule has 6 rings (SSSR count). The highest BCUT2D eigenvalue weighted by Gasteiger charge is 2.25. The molecule has 0 unspecified atom stereocenters. The van der Waals surface area contributed by atoms with E-state index in [2.05, 4.69) is 15.9 Å². The summed E-state index contributed by atoms with van der Waals surface area (Å²) in [6, 6.07) is 24.7. The Morgan fingerprint density at radius 2 is 1.13 bits per heavy atom. The molecule has 46 heavy (non-hydrogen) atoms. The highest BCUT2D eigenvalue weighted by atomic mass is 79.9. The molecular weight excluding hydrogens is 662 g/mol. The maximum absolute atomic E-state index is 13.7. The predicted molar refractivity (Wildman–Crippen MR) is 169 cm³/mol. The van der Waals surface area contributed by atoms with Gasteiger partial charge < -0.3 is 24.4 Å². The first kappa shape index (κ1) is 32.6. The number of aromatic carboxylic acids is 1. The van der Waals surface area contributed by atoms with E-state index in [0.717, 1.165) is 27.8 Å². The number of fused-ring (bicyclic) bond motifs is 2. The van der Waals surface area contributed by atoms with Gasteiger partial charge in [-0.25, -0.2) is 23.2 Å². The third-order valence-corrected chi connectivity index (χ3v) is 8.32. The summed E-state index contributed by atoms with van der Waals surface area (Å²) in [5.74, 6) is -2.33. The molecule has 0 fully saturated rings. The molecule has 2 amide bonds. The van der Waals surface area contributed by atoms with E-state index < -0.39 is 17.9 Å². The number of rotatable bonds is 5. The Morgan fingerprint density at radius 1 is 0.674 bits per heavy atom. The van der Waals surface area contributed by atoms with Gasteiger partial charge in [0.2, 0.25) is 0 Å². The number of carboxylic acids is 1. The van der Waals surface area contributed by atoms with Crippen LogP contribution in [0.1, 0.15) is 43.7 Å². The SMILES string of the molecule is O=C(O)c1cc2c(cc1F)CCN(C(=O)OCc1ccccc1)C2.O=C(OCc1ccccc1)N1CCc2cc(F)c(Br)cc2C1. The zero-order valence-corrected chi connectivity index (χ0v) is 26.3. The van der Waals surface area contributed by atoms with Gasteiger partial charge in [-0.3, -0.25) is 0 Å². The molecule has 0 saturated carbocycles. The maximum Gasteiger partial charge on any atom is 0.410 e. The average Bonchev–Trinajstić information content (AvgIpc) is 3.07. The summed E-state index contributed by atoms with van der Waals surface area (Å²) >= 11 is 3.18. The summed E-state index contributed by atoms with van der Waals surface area (Å²) in [5.41, 5.74) is 4.73. The highest BCUT2D eigenvalue weighted by molar-refractivity contribution is 9.10. The fraction of sp³-hybridized carbons (Fsp3) is 0.229. The first-order chi connectivity index (χ1) is 22.2. The van der Waals surface area contributed by atoms with Crippen LogP contribution in [0.5, 0.6) is 0 Å². The Balaban J connectivity index is 0.000000182. The third-order valence-electron chi connectivity index (χ3n) is 7.71. The van der Waals surface area contributed by atoms with E-state index in [-0.39, 0.29) is 37.2 Å². The molecule has 4 aromatic carbocycles. The Bertz CT molecular complexity index is 1720. The average molecular weight is 694 g/mol. The zero-order valence-electron chi connectivity index (χ0n) is 24.8. The van der Waals surface area contributed by atoms with Crippen LogP contribution in [0.3, 0.4) is 0 Å². The number of hydrogen-bond acceptors (Lipinski definition) is 5. The van der Waals surface area contributed by atoms with Gasteiger partial charge in [0.05, 0.1) is 10.0 Å². The quantitative estimate of drug-likeness (QED) is 0.233. The molecule has 238 valence electrons. The van der Waals surface area contributed by atoms with Crippen LogP contribution in [0.2, 0.25) is 0 Å². The van der Waals surface area contributed by atoms with Gasteiger partial charge in [0.15, 0.2) is 0 Å². The fourth-order valence-corrected chi connectivity index (χ4v) is 5.62. The second-order valence-corrected chi connectivity index (χ2v) is 11.7. The monoisotopic (exact) mass is 692 g/mol. The number of carboxylic acid groups (broad SMARTS) is 1. The number of carbonyl (C=O) groups excluding carboxylic acids is 2. The minimum absolute atomic E-state index is 0.173. The van der Waals surface area contributed by atoms with Crippen molar-refractivity contribution < 1.29 is 37.7 Å². The lowest BCUT2D eigenvalue weighted by Crippen LogP contribution is -2.36. The van der Waals surface area contributed by atoms with E-state index in [9.17, 15) is 23.2 Å². The number of hydrogen-bond donors (Lipinski definition) is 1. The summed E-state index contributed by atoms with van der Waals surface area (Å²) in [4.78, 5) is 38.5. The molecule has 0 radical (unpaired) electrons. The molecule has 0 saturated heterocycles. The van der Waals surface area contributed by atoms with Crippen LogP contribution >= 0.6 is 15.9 Å². The van der Waals surface area contributed by atoms with Gasteiger partial charge >= 0.3 is 18.2 Å². The normalized spacial score (nSPS) is 13.5. The van der Waals surface area contributed by atoms with Crippen LogP contribution in [0, 0.1) is 11.6 Å². The molecule has 0 spiro atoms. The van der Waals surface area contributed by atoms with Crippen LogP contribution in [0.25, 0.3) is 0 Å². The second-order valence-electron chi connectivity index (χ2n) is 10.9. The van der Waals surface area contributed by atoms with Crippen molar-refractivity contribution in [1.29, 1.82) is 0 Å². The van der Waals surface area contributed by atoms with E-state index >= 15 is 0 Å². The van der Waals surface area contributed by atoms with E-state index in [4.69, 9.17) is 14.6 Å². The molecule has 0 aliphatic carbocycles. The minimum atomic E-state index is -1.32. The fourth-order valence-electron chi connectivity index (χ4n) is 5.23. The molecule has 2 aliphatic heterocycles. The van der Waals surface area contributed by atoms with Crippen molar-refractivity contribution >= 4 is 34.1 Å². The summed E-state index contributed by atoms with van der Waals surface area (Å²) in [5, 5.41) is 9.01. The highest BCUT2D eigenvalue weighted by Crippen LogP contribution is 2.26. The summed E-state index contributed by atoms with van der Waals surface area (Å²) in [7, 11) is 0. The van der Waals surface area contributed by atoms with Gasteiger partial charge in [-0.15, -0.1) is 0 Å². The van der Waals surface area contributed by atoms with Crippen molar-refractivity contribution in [3.63, 3.8) is 0 Å². The molecule has 4 aromatic rings. The van der Waals surface area contributed by atoms with Crippen molar-refractivity contribution in [1.82, 2.24) is 9.80 Å². The minimum Gasteiger partial charge on any atom is -0.478 e. The lowest BCUT2D eigenvalue weighted by Gasteiger charge is -2.28. The molecule has 8 nitrogen and oxygen atoms in total. The van der Waals surface area contributed by atoms with Crippen LogP contribution in [0.4, 0.5) is 18.4 Å². The smallest absolute Gasteiger partial charge is 0.410 e. The number of ether oxygens (including phenoxy) is 2. The Hall–Kier alpha value is -4.77. The lowest BCUT2D eigenvalue weighted by atomic mass is 9.97. The van der Waals surface area contributed by atoms with E-state index in [0.29, 0.717) is 42.5 Å². The van der Waals surface area contributed by atoms with Gasteiger partial charge in [-0.05, 0) is 86.4 Å². The van der Waals surface area contributed by atoms with Crippen LogP contribution in [0.15, 0.2) is 89.4 Å². The Kier molecular flexibility index (Phi) is 10.6. The topological polar surface area (TPSA) is 96.4 Å². The van der Waals surface area contributed by atoms with Crippen LogP contribution < -0.4 is 0 Å². The Morgan fingerprint density at radius 3 is 1.61 bits per heavy atom. The van der Waals surface area contributed by atoms with Crippen LogP contribution in [-0.2, 0) is 48.6 Å². The zero-order chi connectivity index (χ0) is 32.6. The Labute approximate surface area is 273 Å². The van der Waals surface area contributed by atoms with E-state index in [1.165, 1.54) is 23.1 Å². The summed E-state index contributed by atoms with van der Waals surface area (Å²) in [6.45, 7) is 2.04. The standard InChI is InChI=1S/C18H16FNO4.C17H15BrFNO2/c19-16-9-13-6-7-20(10-14(13)8-15(16)17(21)22)18(23)24-11-12-4-2-1-3-5-12;18-15-8-14-10-20(7-6-13(14)9-16(15)19)17(21)22-11-12-4-2-1-3-5-12/h1-5,8-9H,6-7,10-11H2,(H,21,22);1-5,8-9H,6-7,10-11H2. The largest absolute Gasteiger partial charge is 0.478 e. The van der Waals surface area contributed by atoms with Crippen molar-refractivity contribution in [3.05, 3.63) is 140 Å². The lowest BCUT2D eigenvalue weighted by molar-refractivity contribution is 0.0691. The van der Waals surface area contributed by atoms with Gasteiger partial charge in [0.25, 0.3) is 0 Å². The molecule has 1 N–H and O–H groups in total. The molecular formula is C35H31BrF2N2O6. The van der Waals surface area contributed by atoms with Crippen molar-refractivity contribution in [2.75, 3.05) is 13.1 Å². The molecule has 0 bridgehead atoms. The predicted octanol–water partition coefficient (Wildman–Crippen LogP) is 7.50. The van der Waals surface area contributed by atoms with Gasteiger partial charge in [-0.1, -0.05) is 60.7 Å². The summed E-state index contributed by atoms with van der Waals surface area (Å²) < 4.78 is 38.3. The number of carbonyl (C=O) groups is 3. The molecule has 2 heterocycles. The number of amides is 2. The maximum atomic E-state index is 13.7. The molecule has 0 aromatic heterocycles. The van der Waals surface area contributed by atoms with Crippen molar-refractivity contribution in [3.8, 4) is 0 Å². The molecule has 0 atom stereocenters.